The molecule has 1 atom stereocenters. The molecule has 0 bridgehead atoms. The highest BCUT2D eigenvalue weighted by molar-refractivity contribution is 5.47. The number of nitrogens with zero attached hydrogens (tertiary/aromatic N) is 3. The number of aryl methyl sites for hydroxylation is 2. The van der Waals surface area contributed by atoms with E-state index < -0.39 is 0 Å². The number of rotatable bonds is 6. The maximum absolute atomic E-state index is 5.72. The molecule has 1 aromatic heterocycles. The van der Waals surface area contributed by atoms with Crippen molar-refractivity contribution in [3.8, 4) is 0 Å². The summed E-state index contributed by atoms with van der Waals surface area (Å²) in [7, 11) is 6.09. The smallest absolute Gasteiger partial charge is 0.108 e. The molecule has 1 heterocycles. The van der Waals surface area contributed by atoms with Gasteiger partial charge in [0.05, 0.1) is 0 Å². The molecule has 20 heavy (non-hydrogen) atoms. The fourth-order valence-electron chi connectivity index (χ4n) is 2.28. The Kier molecular flexibility index (Phi) is 4.76. The van der Waals surface area contributed by atoms with Crippen LogP contribution in [-0.2, 0) is 13.5 Å². The second-order valence-electron chi connectivity index (χ2n) is 5.20. The summed E-state index contributed by atoms with van der Waals surface area (Å²) in [5.41, 5.74) is 5.29. The highest BCUT2D eigenvalue weighted by Crippen LogP contribution is 2.22. The molecule has 0 spiro atoms. The Hall–Kier alpha value is -1.85. The second-order valence-corrected chi connectivity index (χ2v) is 5.20. The van der Waals surface area contributed by atoms with Crippen molar-refractivity contribution in [1.82, 2.24) is 15.0 Å². The van der Waals surface area contributed by atoms with Gasteiger partial charge in [-0.2, -0.15) is 0 Å². The van der Waals surface area contributed by atoms with E-state index in [2.05, 4.69) is 39.6 Å². The van der Waals surface area contributed by atoms with Gasteiger partial charge in [0.15, 0.2) is 0 Å². The molecule has 2 rings (SSSR count). The Bertz CT molecular complexity index is 547. The summed E-state index contributed by atoms with van der Waals surface area (Å²) in [6.07, 6.45) is 5.60. The Labute approximate surface area is 120 Å². The Balaban J connectivity index is 2.08. The van der Waals surface area contributed by atoms with E-state index >= 15 is 0 Å². The van der Waals surface area contributed by atoms with Gasteiger partial charge < -0.3 is 9.47 Å². The van der Waals surface area contributed by atoms with E-state index in [1.165, 1.54) is 11.3 Å². The van der Waals surface area contributed by atoms with Crippen LogP contribution in [0.15, 0.2) is 36.7 Å². The molecule has 2 aromatic rings. The third-order valence-corrected chi connectivity index (χ3v) is 3.57. The Morgan fingerprint density at radius 2 is 2.20 bits per heavy atom. The molecule has 0 aliphatic heterocycles. The number of imidazole rings is 1. The van der Waals surface area contributed by atoms with E-state index in [1.807, 2.05) is 38.1 Å². The van der Waals surface area contributed by atoms with Crippen LogP contribution in [0.4, 0.5) is 5.69 Å². The topological polar surface area (TPSA) is 59.1 Å². The summed E-state index contributed by atoms with van der Waals surface area (Å²) >= 11 is 0. The highest BCUT2D eigenvalue weighted by atomic mass is 15.2. The van der Waals surface area contributed by atoms with Crippen LogP contribution in [0.1, 0.15) is 23.9 Å². The van der Waals surface area contributed by atoms with Crippen LogP contribution in [-0.4, -0.2) is 23.6 Å². The minimum Gasteiger partial charge on any atom is -0.378 e. The predicted octanol–water partition coefficient (Wildman–Crippen LogP) is 1.62. The van der Waals surface area contributed by atoms with Crippen LogP contribution < -0.4 is 16.2 Å². The van der Waals surface area contributed by atoms with Gasteiger partial charge in [0.2, 0.25) is 0 Å². The lowest BCUT2D eigenvalue weighted by molar-refractivity contribution is 0.506. The predicted molar refractivity (Wildman–Crippen MR) is 82.4 cm³/mol. The van der Waals surface area contributed by atoms with E-state index in [4.69, 9.17) is 5.84 Å². The first-order valence-corrected chi connectivity index (χ1v) is 6.81. The van der Waals surface area contributed by atoms with Crippen LogP contribution in [0.2, 0.25) is 0 Å². The molecule has 0 amide bonds. The molecule has 1 unspecified atom stereocenters. The number of nitrogens with one attached hydrogen (secondary N) is 1. The minimum atomic E-state index is 0.131. The number of hydrazine groups is 1. The first-order chi connectivity index (χ1) is 9.61. The molecule has 3 N–H and O–H groups in total. The molecule has 0 fully saturated rings. The van der Waals surface area contributed by atoms with Gasteiger partial charge in [0, 0.05) is 51.7 Å². The van der Waals surface area contributed by atoms with Gasteiger partial charge in [0.25, 0.3) is 0 Å². The fraction of sp³-hybridized carbons (Fsp3) is 0.400. The minimum absolute atomic E-state index is 0.131. The summed E-state index contributed by atoms with van der Waals surface area (Å²) in [5.74, 6) is 6.80. The maximum atomic E-state index is 5.72. The molecule has 0 saturated carbocycles. The lowest BCUT2D eigenvalue weighted by atomic mass is 10.0. The zero-order valence-electron chi connectivity index (χ0n) is 12.4. The van der Waals surface area contributed by atoms with Crippen LogP contribution in [0.25, 0.3) is 0 Å². The summed E-state index contributed by atoms with van der Waals surface area (Å²) < 4.78 is 2.05. The van der Waals surface area contributed by atoms with E-state index in [0.717, 1.165) is 18.7 Å². The number of hydrogen-bond donors (Lipinski definition) is 2. The first kappa shape index (κ1) is 14.6. The molecule has 0 aliphatic rings. The summed E-state index contributed by atoms with van der Waals surface area (Å²) in [6, 6.07) is 8.57. The fourth-order valence-corrected chi connectivity index (χ4v) is 2.28. The summed E-state index contributed by atoms with van der Waals surface area (Å²) in [4.78, 5) is 6.44. The van der Waals surface area contributed by atoms with Crippen molar-refractivity contribution in [2.45, 2.75) is 18.9 Å². The monoisotopic (exact) mass is 273 g/mol. The third-order valence-electron chi connectivity index (χ3n) is 3.57. The van der Waals surface area contributed by atoms with Gasteiger partial charge in [-0.1, -0.05) is 12.1 Å². The van der Waals surface area contributed by atoms with Crippen LogP contribution in [0.3, 0.4) is 0 Å². The normalized spacial score (nSPS) is 12.4. The molecule has 0 aliphatic carbocycles. The number of aromatic nitrogens is 2. The standard InChI is InChI=1S/C15H23N5/c1-19(2)13-6-4-5-12(11-13)14(18-16)7-8-15-17-9-10-20(15)3/h4-6,9-11,14,18H,7-8,16H2,1-3H3. The van der Waals surface area contributed by atoms with Crippen LogP contribution in [0.5, 0.6) is 0 Å². The molecule has 108 valence electrons. The Morgan fingerprint density at radius 1 is 1.40 bits per heavy atom. The molecular weight excluding hydrogens is 250 g/mol. The van der Waals surface area contributed by atoms with E-state index in [1.54, 1.807) is 0 Å². The SMILES string of the molecule is CN(C)c1cccc(C(CCc2nccn2C)NN)c1. The van der Waals surface area contributed by atoms with Crippen LogP contribution >= 0.6 is 0 Å². The van der Waals surface area contributed by atoms with Crippen molar-refractivity contribution in [1.29, 1.82) is 0 Å². The molecule has 0 saturated heterocycles. The highest BCUT2D eigenvalue weighted by Gasteiger charge is 2.12. The summed E-state index contributed by atoms with van der Waals surface area (Å²) in [6.45, 7) is 0. The molecule has 5 nitrogen and oxygen atoms in total. The van der Waals surface area contributed by atoms with E-state index in [9.17, 15) is 0 Å². The molecule has 0 radical (unpaired) electrons. The maximum Gasteiger partial charge on any atom is 0.108 e. The Morgan fingerprint density at radius 3 is 2.80 bits per heavy atom. The molecule has 1 aromatic carbocycles. The van der Waals surface area contributed by atoms with Gasteiger partial charge in [-0.25, -0.2) is 4.98 Å². The van der Waals surface area contributed by atoms with Gasteiger partial charge in [-0.05, 0) is 24.1 Å². The van der Waals surface area contributed by atoms with Gasteiger partial charge in [-0.3, -0.25) is 11.3 Å². The van der Waals surface area contributed by atoms with Gasteiger partial charge in [-0.15, -0.1) is 0 Å². The number of benzene rings is 1. The van der Waals surface area contributed by atoms with Crippen molar-refractivity contribution in [2.75, 3.05) is 19.0 Å². The zero-order chi connectivity index (χ0) is 14.5. The van der Waals surface area contributed by atoms with Crippen molar-refractivity contribution in [3.05, 3.63) is 48.0 Å². The molecule has 5 heteroatoms. The number of hydrogen-bond acceptors (Lipinski definition) is 4. The lowest BCUT2D eigenvalue weighted by Crippen LogP contribution is -2.28. The number of nitrogens with two attached hydrogens (primary N) is 1. The summed E-state index contributed by atoms with van der Waals surface area (Å²) in [5, 5.41) is 0. The first-order valence-electron chi connectivity index (χ1n) is 6.81. The molecular formula is C15H23N5. The van der Waals surface area contributed by atoms with E-state index in [-0.39, 0.29) is 6.04 Å². The largest absolute Gasteiger partial charge is 0.378 e. The van der Waals surface area contributed by atoms with Crippen LogP contribution in [0, 0.1) is 0 Å². The zero-order valence-corrected chi connectivity index (χ0v) is 12.4. The van der Waals surface area contributed by atoms with E-state index in [0.29, 0.717) is 0 Å². The van der Waals surface area contributed by atoms with Crippen molar-refractivity contribution in [2.24, 2.45) is 12.9 Å². The second kappa shape index (κ2) is 6.54. The quantitative estimate of drug-likeness (QED) is 0.620. The van der Waals surface area contributed by atoms with Gasteiger partial charge >= 0.3 is 0 Å². The van der Waals surface area contributed by atoms with Crippen molar-refractivity contribution >= 4 is 5.69 Å². The third kappa shape index (κ3) is 3.37. The van der Waals surface area contributed by atoms with Gasteiger partial charge in [0.1, 0.15) is 5.82 Å². The average Bonchev–Trinajstić information content (AvgIpc) is 2.85. The lowest BCUT2D eigenvalue weighted by Gasteiger charge is -2.19. The average molecular weight is 273 g/mol. The number of anilines is 1. The van der Waals surface area contributed by atoms with Crippen molar-refractivity contribution < 1.29 is 0 Å². The van der Waals surface area contributed by atoms with Crippen molar-refractivity contribution in [3.63, 3.8) is 0 Å².